The molecule has 5 N–H and O–H groups in total. The number of hydrogen-bond acceptors (Lipinski definition) is 10. The van der Waals surface area contributed by atoms with Crippen LogP contribution >= 0.6 is 11.8 Å². The van der Waals surface area contributed by atoms with Crippen LogP contribution in [0.3, 0.4) is 0 Å². The molecule has 1 aliphatic rings. The Morgan fingerprint density at radius 3 is 2.75 bits per heavy atom. The molecule has 1 amide bonds. The first kappa shape index (κ1) is 22.2. The minimum absolute atomic E-state index is 0.00469. The normalized spacial score (nSPS) is 15.8. The number of fused-ring (bicyclic) bond motifs is 1. The topological polar surface area (TPSA) is 157 Å². The fourth-order valence-electron chi connectivity index (χ4n) is 3.71. The van der Waals surface area contributed by atoms with Gasteiger partial charge in [0.15, 0.2) is 5.65 Å². The number of amides is 1. The first-order valence-electron chi connectivity index (χ1n) is 10.5. The maximum atomic E-state index is 13.1. The van der Waals surface area contributed by atoms with Gasteiger partial charge in [-0.3, -0.25) is 10.1 Å². The minimum atomic E-state index is -0.463. The number of carbonyl (C=O) groups is 1. The van der Waals surface area contributed by atoms with E-state index in [2.05, 4.69) is 40.5 Å². The number of carbonyl (C=O) groups excluding carboxylic acids is 1. The number of H-pyrrole nitrogens is 1. The Morgan fingerprint density at radius 2 is 2.03 bits per heavy atom. The van der Waals surface area contributed by atoms with E-state index < -0.39 is 5.25 Å². The lowest BCUT2D eigenvalue weighted by Crippen LogP contribution is -2.31. The lowest BCUT2D eigenvalue weighted by Gasteiger charge is -2.24. The van der Waals surface area contributed by atoms with Crippen LogP contribution in [0, 0.1) is 5.92 Å². The molecule has 4 rings (SSSR count). The average Bonchev–Trinajstić information content (AvgIpc) is 3.26. The number of ether oxygens (including phenoxy) is 1. The number of nitrogens with two attached hydrogens (primary N) is 1. The van der Waals surface area contributed by atoms with Crippen molar-refractivity contribution in [3.05, 3.63) is 18.1 Å². The molecule has 0 bridgehead atoms. The van der Waals surface area contributed by atoms with Crippen molar-refractivity contribution >= 4 is 40.7 Å². The lowest BCUT2D eigenvalue weighted by molar-refractivity contribution is -0.116. The molecular weight excluding hydrogens is 430 g/mol. The summed E-state index contributed by atoms with van der Waals surface area (Å²) in [4.78, 5) is 37.5. The molecule has 0 unspecified atom stereocenters. The van der Waals surface area contributed by atoms with E-state index in [4.69, 9.17) is 10.5 Å². The summed E-state index contributed by atoms with van der Waals surface area (Å²) in [6, 6.07) is 0. The number of hydrogen-bond donors (Lipinski definition) is 4. The van der Waals surface area contributed by atoms with Crippen LogP contribution in [0.1, 0.15) is 38.2 Å². The van der Waals surface area contributed by atoms with E-state index in [1.165, 1.54) is 18.1 Å². The van der Waals surface area contributed by atoms with Gasteiger partial charge in [-0.1, -0.05) is 25.6 Å². The third-order valence-corrected chi connectivity index (χ3v) is 6.89. The van der Waals surface area contributed by atoms with E-state index in [0.717, 1.165) is 31.5 Å². The second-order valence-corrected chi connectivity index (χ2v) is 9.07. The van der Waals surface area contributed by atoms with Crippen LogP contribution in [0.15, 0.2) is 17.6 Å². The van der Waals surface area contributed by atoms with Crippen LogP contribution in [0.25, 0.3) is 11.2 Å². The highest BCUT2D eigenvalue weighted by molar-refractivity contribution is 8.00. The zero-order chi connectivity index (χ0) is 22.7. The molecule has 12 heteroatoms. The van der Waals surface area contributed by atoms with Gasteiger partial charge in [-0.05, 0) is 37.8 Å². The highest BCUT2D eigenvalue weighted by Crippen LogP contribution is 2.33. The standard InChI is InChI=1S/C20H27N9O2S/c1-10(2)14(32-18-13-15(25-9-24-13)26-19(21)29-18)16(30)27-20-23-8-12(17(28-20)31-3)11-4-6-22-7-5-11/h8-11,14,22H,4-7H2,1-3H3,(H,23,27,28,30)(H3,21,24,25,26,29)/t14-/m1/s1. The van der Waals surface area contributed by atoms with Crippen molar-refractivity contribution < 1.29 is 9.53 Å². The number of nitrogen functional groups attached to an aromatic ring is 1. The molecular formula is C20H27N9O2S. The average molecular weight is 458 g/mol. The van der Waals surface area contributed by atoms with Gasteiger partial charge >= 0.3 is 0 Å². The minimum Gasteiger partial charge on any atom is -0.481 e. The first-order valence-corrected chi connectivity index (χ1v) is 11.4. The van der Waals surface area contributed by atoms with Crippen molar-refractivity contribution in [2.45, 2.75) is 42.9 Å². The number of nitrogens with zero attached hydrogens (tertiary/aromatic N) is 5. The Morgan fingerprint density at radius 1 is 1.25 bits per heavy atom. The third-order valence-electron chi connectivity index (χ3n) is 5.36. The number of methoxy groups -OCH3 is 1. The van der Waals surface area contributed by atoms with Gasteiger partial charge in [0.05, 0.1) is 18.7 Å². The summed E-state index contributed by atoms with van der Waals surface area (Å²) in [6.07, 6.45) is 5.29. The van der Waals surface area contributed by atoms with Crippen molar-refractivity contribution in [3.8, 4) is 5.88 Å². The summed E-state index contributed by atoms with van der Waals surface area (Å²) in [6.45, 7) is 5.84. The number of aromatic nitrogens is 6. The summed E-state index contributed by atoms with van der Waals surface area (Å²) in [5.41, 5.74) is 7.89. The quantitative estimate of drug-likeness (QED) is 0.305. The predicted octanol–water partition coefficient (Wildman–Crippen LogP) is 1.96. The number of anilines is 2. The van der Waals surface area contributed by atoms with Crippen molar-refractivity contribution in [2.75, 3.05) is 31.2 Å². The highest BCUT2D eigenvalue weighted by Gasteiger charge is 2.27. The molecule has 3 aromatic rings. The molecule has 0 saturated carbocycles. The molecule has 0 radical (unpaired) electrons. The molecule has 1 atom stereocenters. The number of imidazole rings is 1. The molecule has 0 spiro atoms. The van der Waals surface area contributed by atoms with Gasteiger partial charge in [-0.2, -0.15) is 9.97 Å². The van der Waals surface area contributed by atoms with Gasteiger partial charge in [-0.15, -0.1) is 0 Å². The van der Waals surface area contributed by atoms with Gasteiger partial charge in [0.2, 0.25) is 23.7 Å². The molecule has 1 fully saturated rings. The van der Waals surface area contributed by atoms with Gasteiger partial charge < -0.3 is 20.8 Å². The van der Waals surface area contributed by atoms with Gasteiger partial charge in [0, 0.05) is 11.8 Å². The Kier molecular flexibility index (Phi) is 6.70. The first-order chi connectivity index (χ1) is 15.5. The number of thioether (sulfide) groups is 1. The fourth-order valence-corrected chi connectivity index (χ4v) is 4.81. The molecule has 0 aliphatic carbocycles. The van der Waals surface area contributed by atoms with E-state index in [1.807, 2.05) is 13.8 Å². The maximum absolute atomic E-state index is 13.1. The molecule has 3 aromatic heterocycles. The van der Waals surface area contributed by atoms with Crippen LogP contribution in [-0.2, 0) is 4.79 Å². The van der Waals surface area contributed by atoms with Gasteiger partial charge in [0.1, 0.15) is 10.5 Å². The SMILES string of the molecule is COc1nc(NC(=O)[C@H](Sc2nc(N)nc3nc[nH]c23)C(C)C)ncc1C1CCNCC1. The Bertz CT molecular complexity index is 1100. The van der Waals surface area contributed by atoms with Crippen molar-refractivity contribution in [1.82, 2.24) is 35.2 Å². The summed E-state index contributed by atoms with van der Waals surface area (Å²) in [5.74, 6) is 0.937. The maximum Gasteiger partial charge on any atom is 0.240 e. The monoisotopic (exact) mass is 457 g/mol. The van der Waals surface area contributed by atoms with E-state index in [-0.39, 0.29) is 23.7 Å². The summed E-state index contributed by atoms with van der Waals surface area (Å²) >= 11 is 1.30. The molecule has 1 saturated heterocycles. The van der Waals surface area contributed by atoms with E-state index in [9.17, 15) is 4.79 Å². The van der Waals surface area contributed by atoms with Crippen molar-refractivity contribution in [1.29, 1.82) is 0 Å². The largest absolute Gasteiger partial charge is 0.481 e. The molecule has 0 aromatic carbocycles. The smallest absolute Gasteiger partial charge is 0.240 e. The second kappa shape index (κ2) is 9.65. The second-order valence-electron chi connectivity index (χ2n) is 7.94. The van der Waals surface area contributed by atoms with E-state index in [0.29, 0.717) is 28.0 Å². The van der Waals surface area contributed by atoms with Crippen LogP contribution in [0.5, 0.6) is 5.88 Å². The summed E-state index contributed by atoms with van der Waals surface area (Å²) in [7, 11) is 1.58. The molecule has 1 aliphatic heterocycles. The van der Waals surface area contributed by atoms with E-state index in [1.54, 1.807) is 13.3 Å². The highest BCUT2D eigenvalue weighted by atomic mass is 32.2. The summed E-state index contributed by atoms with van der Waals surface area (Å²) in [5, 5.41) is 6.29. The van der Waals surface area contributed by atoms with Crippen molar-refractivity contribution in [2.24, 2.45) is 5.92 Å². The molecule has 170 valence electrons. The number of piperidine rings is 1. The number of rotatable bonds is 7. The zero-order valence-electron chi connectivity index (χ0n) is 18.3. The predicted molar refractivity (Wildman–Crippen MR) is 123 cm³/mol. The van der Waals surface area contributed by atoms with Crippen LogP contribution in [0.4, 0.5) is 11.9 Å². The lowest BCUT2D eigenvalue weighted by atomic mass is 9.92. The summed E-state index contributed by atoms with van der Waals surface area (Å²) < 4.78 is 5.51. The van der Waals surface area contributed by atoms with Crippen LogP contribution in [-0.4, -0.2) is 61.3 Å². The van der Waals surface area contributed by atoms with Gasteiger partial charge in [0.25, 0.3) is 0 Å². The van der Waals surface area contributed by atoms with Gasteiger partial charge in [-0.25, -0.2) is 15.0 Å². The number of aromatic amines is 1. The Hall–Kier alpha value is -2.99. The van der Waals surface area contributed by atoms with Crippen LogP contribution in [0.2, 0.25) is 0 Å². The molecule has 11 nitrogen and oxygen atoms in total. The Labute approximate surface area is 189 Å². The van der Waals surface area contributed by atoms with E-state index >= 15 is 0 Å². The zero-order valence-corrected chi connectivity index (χ0v) is 19.1. The fraction of sp³-hybridized carbons (Fsp3) is 0.500. The third kappa shape index (κ3) is 4.75. The Balaban J connectivity index is 1.53. The molecule has 4 heterocycles. The van der Waals surface area contributed by atoms with Crippen LogP contribution < -0.4 is 21.1 Å². The molecule has 32 heavy (non-hydrogen) atoms. The van der Waals surface area contributed by atoms with Crippen molar-refractivity contribution in [3.63, 3.8) is 0 Å². The number of nitrogens with one attached hydrogen (secondary N) is 3.